The van der Waals surface area contributed by atoms with Gasteiger partial charge in [-0.05, 0) is 30.8 Å². The lowest BCUT2D eigenvalue weighted by atomic mass is 10.3. The predicted molar refractivity (Wildman–Crippen MR) is 83.2 cm³/mol. The topological polar surface area (TPSA) is 33.6 Å². The number of hydrogen-bond acceptors (Lipinski definition) is 4. The van der Waals surface area contributed by atoms with Gasteiger partial charge >= 0.3 is 0 Å². The average molecular weight is 297 g/mol. The Kier molecular flexibility index (Phi) is 3.68. The number of aromatic nitrogens is 3. The van der Waals surface area contributed by atoms with Gasteiger partial charge in [-0.15, -0.1) is 0 Å². The van der Waals surface area contributed by atoms with Gasteiger partial charge in [0.15, 0.2) is 10.4 Å². The van der Waals surface area contributed by atoms with E-state index in [2.05, 4.69) is 32.4 Å². The fourth-order valence-corrected chi connectivity index (χ4v) is 5.09. The van der Waals surface area contributed by atoms with E-state index in [1.165, 1.54) is 17.3 Å². The molecule has 0 saturated carbocycles. The van der Waals surface area contributed by atoms with Crippen LogP contribution in [-0.4, -0.2) is 37.0 Å². The predicted octanol–water partition coefficient (Wildman–Crippen LogP) is 3.25. The lowest BCUT2D eigenvalue weighted by Crippen LogP contribution is -2.20. The molecule has 0 aliphatic carbocycles. The molecule has 96 valence electrons. The largest absolute Gasteiger partial charge is 0.329 e. The maximum Gasteiger partial charge on any atom is 0.179 e. The molecule has 0 aromatic carbocycles. The van der Waals surface area contributed by atoms with E-state index in [9.17, 15) is 0 Å². The van der Waals surface area contributed by atoms with Crippen molar-refractivity contribution in [1.82, 2.24) is 14.5 Å². The number of H-pyrrole nitrogens is 1. The third-order valence-electron chi connectivity index (χ3n) is 3.02. The van der Waals surface area contributed by atoms with Crippen molar-refractivity contribution >= 4 is 46.9 Å². The quantitative estimate of drug-likeness (QED) is 0.863. The zero-order valence-electron chi connectivity index (χ0n) is 10.2. The number of thioether (sulfide) groups is 2. The minimum absolute atomic E-state index is 0.651. The summed E-state index contributed by atoms with van der Waals surface area (Å²) in [6.45, 7) is 3.01. The standard InChI is InChI=1S/C12H15N3S3/c1-8-4-10-11(13-5-8)15(12(16)14-10)6-9-7-17-2-3-18-9/h4-5,9H,2-3,6-7H2,1H3,(H,14,16). The van der Waals surface area contributed by atoms with E-state index in [1.807, 2.05) is 24.9 Å². The first-order valence-electron chi connectivity index (χ1n) is 5.98. The molecule has 1 fully saturated rings. The molecule has 3 rings (SSSR count). The Bertz CT molecular complexity index is 611. The molecular weight excluding hydrogens is 282 g/mol. The van der Waals surface area contributed by atoms with Crippen LogP contribution in [0.15, 0.2) is 12.3 Å². The first kappa shape index (κ1) is 12.6. The Labute approximate surface area is 120 Å². The van der Waals surface area contributed by atoms with E-state index in [0.29, 0.717) is 5.25 Å². The summed E-state index contributed by atoms with van der Waals surface area (Å²) >= 11 is 9.51. The summed E-state index contributed by atoms with van der Waals surface area (Å²) < 4.78 is 2.94. The van der Waals surface area contributed by atoms with E-state index in [-0.39, 0.29) is 0 Å². The third-order valence-corrected chi connectivity index (χ3v) is 6.17. The van der Waals surface area contributed by atoms with Gasteiger partial charge in [0, 0.05) is 35.3 Å². The Balaban J connectivity index is 1.95. The molecule has 18 heavy (non-hydrogen) atoms. The van der Waals surface area contributed by atoms with E-state index >= 15 is 0 Å². The summed E-state index contributed by atoms with van der Waals surface area (Å²) in [5, 5.41) is 0.651. The zero-order chi connectivity index (χ0) is 12.5. The molecular formula is C12H15N3S3. The molecule has 0 radical (unpaired) electrons. The zero-order valence-corrected chi connectivity index (χ0v) is 12.6. The molecule has 1 unspecified atom stereocenters. The highest BCUT2D eigenvalue weighted by Gasteiger charge is 2.17. The number of aromatic amines is 1. The molecule has 3 nitrogen and oxygen atoms in total. The van der Waals surface area contributed by atoms with Gasteiger partial charge in [-0.3, -0.25) is 0 Å². The summed E-state index contributed by atoms with van der Waals surface area (Å²) in [7, 11) is 0. The van der Waals surface area contributed by atoms with Gasteiger partial charge in [0.1, 0.15) is 0 Å². The Morgan fingerprint density at radius 2 is 2.44 bits per heavy atom. The van der Waals surface area contributed by atoms with Gasteiger partial charge in [0.05, 0.1) is 5.52 Å². The van der Waals surface area contributed by atoms with Crippen molar-refractivity contribution in [3.8, 4) is 0 Å². The van der Waals surface area contributed by atoms with Crippen molar-refractivity contribution in [2.75, 3.05) is 17.3 Å². The van der Waals surface area contributed by atoms with Crippen LogP contribution in [0.25, 0.3) is 11.2 Å². The van der Waals surface area contributed by atoms with Crippen molar-refractivity contribution < 1.29 is 0 Å². The Hall–Kier alpha value is -0.460. The Morgan fingerprint density at radius 1 is 1.56 bits per heavy atom. The van der Waals surface area contributed by atoms with E-state index < -0.39 is 0 Å². The number of rotatable bonds is 2. The smallest absolute Gasteiger partial charge is 0.179 e. The number of nitrogens with one attached hydrogen (secondary N) is 1. The highest BCUT2D eigenvalue weighted by atomic mass is 32.2. The SMILES string of the molecule is Cc1cnc2c(c1)[nH]c(=S)n2CC1CSCCS1. The molecule has 1 aliphatic rings. The van der Waals surface area contributed by atoms with Crippen LogP contribution in [0.4, 0.5) is 0 Å². The molecule has 2 aromatic heterocycles. The van der Waals surface area contributed by atoms with Crippen LogP contribution in [0.3, 0.4) is 0 Å². The number of fused-ring (bicyclic) bond motifs is 1. The molecule has 0 amide bonds. The van der Waals surface area contributed by atoms with Crippen molar-refractivity contribution in [2.24, 2.45) is 0 Å². The molecule has 2 aromatic rings. The second-order valence-corrected chi connectivity index (χ2v) is 7.44. The van der Waals surface area contributed by atoms with E-state index in [1.54, 1.807) is 0 Å². The van der Waals surface area contributed by atoms with Crippen molar-refractivity contribution in [2.45, 2.75) is 18.7 Å². The van der Waals surface area contributed by atoms with Gasteiger partial charge in [-0.1, -0.05) is 0 Å². The maximum absolute atomic E-state index is 5.42. The van der Waals surface area contributed by atoms with Gasteiger partial charge in [-0.2, -0.15) is 23.5 Å². The van der Waals surface area contributed by atoms with Gasteiger partial charge in [0.25, 0.3) is 0 Å². The lowest BCUT2D eigenvalue weighted by molar-refractivity contribution is 0.699. The fourth-order valence-electron chi connectivity index (χ4n) is 2.16. The molecule has 1 aliphatic heterocycles. The number of imidazole rings is 1. The highest BCUT2D eigenvalue weighted by Crippen LogP contribution is 2.26. The minimum Gasteiger partial charge on any atom is -0.329 e. The Morgan fingerprint density at radius 3 is 3.22 bits per heavy atom. The number of nitrogens with zero attached hydrogens (tertiary/aromatic N) is 2. The average Bonchev–Trinajstić information content (AvgIpc) is 2.66. The van der Waals surface area contributed by atoms with Gasteiger partial charge in [0.2, 0.25) is 0 Å². The van der Waals surface area contributed by atoms with Crippen LogP contribution in [0.1, 0.15) is 5.56 Å². The molecule has 0 spiro atoms. The number of pyridine rings is 1. The van der Waals surface area contributed by atoms with Crippen LogP contribution in [0.2, 0.25) is 0 Å². The first-order valence-corrected chi connectivity index (χ1v) is 8.60. The molecule has 1 N–H and O–H groups in total. The fraction of sp³-hybridized carbons (Fsp3) is 0.500. The number of hydrogen-bond donors (Lipinski definition) is 1. The van der Waals surface area contributed by atoms with Crippen LogP contribution >= 0.6 is 35.7 Å². The van der Waals surface area contributed by atoms with Crippen LogP contribution < -0.4 is 0 Å². The monoisotopic (exact) mass is 297 g/mol. The molecule has 0 bridgehead atoms. The molecule has 3 heterocycles. The summed E-state index contributed by atoms with van der Waals surface area (Å²) in [4.78, 5) is 7.77. The van der Waals surface area contributed by atoms with Crippen molar-refractivity contribution in [3.63, 3.8) is 0 Å². The summed E-state index contributed by atoms with van der Waals surface area (Å²) in [6.07, 6.45) is 1.91. The highest BCUT2D eigenvalue weighted by molar-refractivity contribution is 8.06. The van der Waals surface area contributed by atoms with E-state index in [0.717, 1.165) is 28.0 Å². The normalized spacial score (nSPS) is 20.4. The van der Waals surface area contributed by atoms with Gasteiger partial charge in [-0.25, -0.2) is 4.98 Å². The third kappa shape index (κ3) is 2.46. The number of aryl methyl sites for hydroxylation is 1. The molecule has 6 heteroatoms. The van der Waals surface area contributed by atoms with Crippen LogP contribution in [0.5, 0.6) is 0 Å². The maximum atomic E-state index is 5.42. The first-order chi connectivity index (χ1) is 8.74. The minimum atomic E-state index is 0.651. The van der Waals surface area contributed by atoms with Crippen LogP contribution in [-0.2, 0) is 6.54 Å². The van der Waals surface area contributed by atoms with Crippen LogP contribution in [0, 0.1) is 11.7 Å². The lowest BCUT2D eigenvalue weighted by Gasteiger charge is -2.21. The van der Waals surface area contributed by atoms with Crippen molar-refractivity contribution in [1.29, 1.82) is 0 Å². The van der Waals surface area contributed by atoms with Crippen molar-refractivity contribution in [3.05, 3.63) is 22.6 Å². The summed E-state index contributed by atoms with van der Waals surface area (Å²) in [5.74, 6) is 3.74. The summed E-state index contributed by atoms with van der Waals surface area (Å²) in [5.41, 5.74) is 3.20. The second kappa shape index (κ2) is 5.27. The van der Waals surface area contributed by atoms with E-state index in [4.69, 9.17) is 12.2 Å². The second-order valence-electron chi connectivity index (χ2n) is 4.49. The molecule has 1 atom stereocenters. The molecule has 1 saturated heterocycles. The summed E-state index contributed by atoms with van der Waals surface area (Å²) in [6, 6.07) is 2.11. The van der Waals surface area contributed by atoms with Gasteiger partial charge < -0.3 is 9.55 Å².